The molecule has 0 unspecified atom stereocenters. The molecular formula is C27H36N4O4. The normalized spacial score (nSPS) is 21.0. The van der Waals surface area contributed by atoms with Crippen molar-refractivity contribution in [3.8, 4) is 0 Å². The second-order valence-corrected chi connectivity index (χ2v) is 9.33. The first-order chi connectivity index (χ1) is 17.0. The van der Waals surface area contributed by atoms with Crippen LogP contribution in [-0.4, -0.2) is 60.0 Å². The molecule has 2 aromatic rings. The van der Waals surface area contributed by atoms with E-state index in [2.05, 4.69) is 21.9 Å². The van der Waals surface area contributed by atoms with E-state index in [1.165, 1.54) is 5.56 Å². The number of amides is 1. The van der Waals surface area contributed by atoms with E-state index in [1.54, 1.807) is 12.1 Å². The Morgan fingerprint density at radius 2 is 1.89 bits per heavy atom. The highest BCUT2D eigenvalue weighted by Crippen LogP contribution is 2.38. The zero-order chi connectivity index (χ0) is 24.8. The minimum absolute atomic E-state index is 0.0605. The summed E-state index contributed by atoms with van der Waals surface area (Å²) in [6.07, 6.45) is 2.32. The Hall–Kier alpha value is -2.97. The lowest BCUT2D eigenvalue weighted by Gasteiger charge is -2.40. The highest BCUT2D eigenvalue weighted by atomic mass is 16.6. The van der Waals surface area contributed by atoms with Crippen LogP contribution >= 0.6 is 0 Å². The summed E-state index contributed by atoms with van der Waals surface area (Å²) in [5.74, 6) is 0.127. The molecule has 2 atom stereocenters. The third-order valence-electron chi connectivity index (χ3n) is 7.10. The van der Waals surface area contributed by atoms with Gasteiger partial charge in [0.1, 0.15) is 6.23 Å². The number of anilines is 1. The molecule has 0 bridgehead atoms. The van der Waals surface area contributed by atoms with Crippen molar-refractivity contribution in [2.24, 2.45) is 5.92 Å². The average Bonchev–Trinajstić information content (AvgIpc) is 2.90. The fourth-order valence-corrected chi connectivity index (χ4v) is 5.28. The van der Waals surface area contributed by atoms with Crippen LogP contribution in [-0.2, 0) is 16.1 Å². The summed E-state index contributed by atoms with van der Waals surface area (Å²) in [6, 6.07) is 15.3. The van der Waals surface area contributed by atoms with E-state index in [9.17, 15) is 14.9 Å². The van der Waals surface area contributed by atoms with Crippen molar-refractivity contribution in [1.82, 2.24) is 9.80 Å². The van der Waals surface area contributed by atoms with Gasteiger partial charge in [0.25, 0.3) is 5.69 Å². The number of ether oxygens (including phenoxy) is 1. The van der Waals surface area contributed by atoms with Crippen LogP contribution in [0.15, 0.2) is 48.5 Å². The molecule has 8 heteroatoms. The van der Waals surface area contributed by atoms with Crippen molar-refractivity contribution in [1.29, 1.82) is 0 Å². The minimum Gasteiger partial charge on any atom is -0.370 e. The smallest absolute Gasteiger partial charge is 0.270 e. The van der Waals surface area contributed by atoms with Gasteiger partial charge in [-0.3, -0.25) is 19.8 Å². The number of nitrogens with zero attached hydrogens (tertiary/aromatic N) is 4. The first-order valence-corrected chi connectivity index (χ1v) is 12.7. The van der Waals surface area contributed by atoms with E-state index in [4.69, 9.17) is 4.74 Å². The molecule has 0 radical (unpaired) electrons. The average molecular weight is 481 g/mol. The Kier molecular flexibility index (Phi) is 8.36. The highest BCUT2D eigenvalue weighted by Gasteiger charge is 2.33. The van der Waals surface area contributed by atoms with Crippen LogP contribution in [0.4, 0.5) is 11.4 Å². The molecule has 2 aliphatic rings. The molecule has 1 amide bonds. The van der Waals surface area contributed by atoms with Gasteiger partial charge in [-0.2, -0.15) is 0 Å². The molecule has 0 spiro atoms. The minimum atomic E-state index is -0.377. The van der Waals surface area contributed by atoms with Crippen LogP contribution in [0.2, 0.25) is 0 Å². The topological polar surface area (TPSA) is 79.2 Å². The van der Waals surface area contributed by atoms with Crippen LogP contribution in [0.25, 0.3) is 0 Å². The molecule has 0 aromatic heterocycles. The highest BCUT2D eigenvalue weighted by molar-refractivity contribution is 5.80. The molecule has 2 heterocycles. The molecule has 35 heavy (non-hydrogen) atoms. The van der Waals surface area contributed by atoms with E-state index < -0.39 is 0 Å². The monoisotopic (exact) mass is 480 g/mol. The number of benzene rings is 2. The Morgan fingerprint density at radius 3 is 2.60 bits per heavy atom. The van der Waals surface area contributed by atoms with Crippen molar-refractivity contribution >= 4 is 17.3 Å². The largest absolute Gasteiger partial charge is 0.370 e. The number of carbonyl (C=O) groups is 1. The quantitative estimate of drug-likeness (QED) is 0.406. The van der Waals surface area contributed by atoms with E-state index in [-0.39, 0.29) is 28.7 Å². The third-order valence-corrected chi connectivity index (χ3v) is 7.10. The maximum absolute atomic E-state index is 13.1. The predicted molar refractivity (Wildman–Crippen MR) is 136 cm³/mol. The second-order valence-electron chi connectivity index (χ2n) is 9.33. The van der Waals surface area contributed by atoms with Crippen LogP contribution in [0.3, 0.4) is 0 Å². The molecule has 188 valence electrons. The number of piperidine rings is 1. The van der Waals surface area contributed by atoms with E-state index in [0.29, 0.717) is 32.8 Å². The maximum atomic E-state index is 13.1. The number of carbonyl (C=O) groups excluding carboxylic acids is 1. The van der Waals surface area contributed by atoms with E-state index >= 15 is 0 Å². The fourth-order valence-electron chi connectivity index (χ4n) is 5.28. The molecule has 8 nitrogen and oxygen atoms in total. The number of hydrogen-bond donors (Lipinski definition) is 0. The number of hydrogen-bond acceptors (Lipinski definition) is 6. The predicted octanol–water partition coefficient (Wildman–Crippen LogP) is 4.60. The number of nitro benzene ring substituents is 1. The second kappa shape index (κ2) is 11.6. The van der Waals surface area contributed by atoms with Gasteiger partial charge in [0.15, 0.2) is 0 Å². The molecule has 4 rings (SSSR count). The summed E-state index contributed by atoms with van der Waals surface area (Å²) < 4.78 is 6.26. The Bertz CT molecular complexity index is 1010. The lowest BCUT2D eigenvalue weighted by molar-refractivity contribution is -0.385. The lowest BCUT2D eigenvalue weighted by Crippen LogP contribution is -2.45. The molecule has 2 aromatic carbocycles. The summed E-state index contributed by atoms with van der Waals surface area (Å²) in [5, 5.41) is 11.7. The lowest BCUT2D eigenvalue weighted by atomic mass is 9.94. The van der Waals surface area contributed by atoms with Crippen LogP contribution in [0, 0.1) is 16.0 Å². The Labute approximate surface area is 207 Å². The van der Waals surface area contributed by atoms with Gasteiger partial charge in [0.05, 0.1) is 17.4 Å². The Balaban J connectivity index is 1.65. The van der Waals surface area contributed by atoms with Crippen molar-refractivity contribution in [2.75, 3.05) is 44.2 Å². The van der Waals surface area contributed by atoms with E-state index in [0.717, 1.165) is 43.6 Å². The Morgan fingerprint density at radius 1 is 1.11 bits per heavy atom. The molecular weight excluding hydrogens is 444 g/mol. The maximum Gasteiger partial charge on any atom is 0.270 e. The van der Waals surface area contributed by atoms with Gasteiger partial charge in [-0.05, 0) is 44.7 Å². The summed E-state index contributed by atoms with van der Waals surface area (Å²) in [7, 11) is 0. The zero-order valence-electron chi connectivity index (χ0n) is 20.8. The number of nitro groups is 1. The van der Waals surface area contributed by atoms with Crippen LogP contribution in [0.1, 0.15) is 50.5 Å². The van der Waals surface area contributed by atoms with Crippen molar-refractivity contribution < 1.29 is 14.5 Å². The van der Waals surface area contributed by atoms with E-state index in [1.807, 2.05) is 43.0 Å². The first kappa shape index (κ1) is 25.1. The number of rotatable bonds is 8. The standard InChI is InChI=1S/C27H36N4O4/c1-3-28(4-2)26(32)22-12-8-15-29(20-22)25-14-13-23(31(33)34)18-24(25)27-30(16-9-17-35-27)19-21-10-6-5-7-11-21/h5-7,10-11,13-14,18,22,27H,3-4,8-9,12,15-17,19-20H2,1-2H3/t22-,27+/m0/s1. The van der Waals surface area contributed by atoms with Crippen molar-refractivity contribution in [3.63, 3.8) is 0 Å². The molecule has 2 fully saturated rings. The van der Waals surface area contributed by atoms with Crippen LogP contribution < -0.4 is 4.90 Å². The third kappa shape index (κ3) is 5.82. The first-order valence-electron chi connectivity index (χ1n) is 12.7. The van der Waals surface area contributed by atoms with Gasteiger partial charge in [-0.15, -0.1) is 0 Å². The summed E-state index contributed by atoms with van der Waals surface area (Å²) >= 11 is 0. The molecule has 0 aliphatic carbocycles. The molecule has 2 saturated heterocycles. The fraction of sp³-hybridized carbons (Fsp3) is 0.519. The SMILES string of the molecule is CCN(CC)C(=O)[C@H]1CCCN(c2ccc([N+](=O)[O-])cc2[C@H]2OCCCN2Cc2ccccc2)C1. The zero-order valence-corrected chi connectivity index (χ0v) is 20.8. The van der Waals surface area contributed by atoms with Gasteiger partial charge in [-0.1, -0.05) is 30.3 Å². The van der Waals surface area contributed by atoms with Crippen LogP contribution in [0.5, 0.6) is 0 Å². The molecule has 0 saturated carbocycles. The van der Waals surface area contributed by atoms with Crippen molar-refractivity contribution in [2.45, 2.75) is 45.9 Å². The summed E-state index contributed by atoms with van der Waals surface area (Å²) in [5.41, 5.74) is 2.98. The summed E-state index contributed by atoms with van der Waals surface area (Å²) in [4.78, 5) is 30.8. The van der Waals surface area contributed by atoms with Gasteiger partial charge in [0.2, 0.25) is 5.91 Å². The molecule has 0 N–H and O–H groups in total. The van der Waals surface area contributed by atoms with Gasteiger partial charge in [0, 0.05) is 62.7 Å². The number of non-ortho nitro benzene ring substituents is 1. The van der Waals surface area contributed by atoms with Gasteiger partial charge < -0.3 is 14.5 Å². The van der Waals surface area contributed by atoms with Gasteiger partial charge >= 0.3 is 0 Å². The van der Waals surface area contributed by atoms with Gasteiger partial charge in [-0.25, -0.2) is 0 Å². The summed E-state index contributed by atoms with van der Waals surface area (Å²) in [6.45, 7) is 9.04. The van der Waals surface area contributed by atoms with Crippen molar-refractivity contribution in [3.05, 3.63) is 69.8 Å². The molecule has 2 aliphatic heterocycles.